The van der Waals surface area contributed by atoms with Crippen molar-refractivity contribution in [1.29, 1.82) is 0 Å². The van der Waals surface area contributed by atoms with Crippen molar-refractivity contribution >= 4 is 40.8 Å². The minimum atomic E-state index is -1.12. The minimum absolute atomic E-state index is 0.127. The van der Waals surface area contributed by atoms with Crippen molar-refractivity contribution in [2.24, 2.45) is 0 Å². The van der Waals surface area contributed by atoms with Crippen LogP contribution in [0.3, 0.4) is 0 Å². The third kappa shape index (κ3) is 3.87. The summed E-state index contributed by atoms with van der Waals surface area (Å²) in [4.78, 5) is 16.4. The fourth-order valence-electron chi connectivity index (χ4n) is 3.98. The highest BCUT2D eigenvalue weighted by Gasteiger charge is 2.14. The highest BCUT2D eigenvalue weighted by molar-refractivity contribution is 6.76. The number of aromatic nitrogens is 5. The van der Waals surface area contributed by atoms with Crippen molar-refractivity contribution in [3.8, 4) is 0 Å². The van der Waals surface area contributed by atoms with Crippen LogP contribution in [0.25, 0.3) is 32.7 Å². The average molecular weight is 446 g/mol. The van der Waals surface area contributed by atoms with Gasteiger partial charge in [-0.05, 0) is 23.7 Å². The standard InChI is InChI=1S/C24H27N5O2Si/c1-32(2,3)12-11-31-16-29-22-10-6-7-17(19(22)13-26-29)15-28-24(30)23-20(14-25-28)18-8-4-5-9-21(18)27-23/h4-10,13-14,27H,11-12,15-16H2,1-3H3. The third-order valence-corrected chi connectivity index (χ3v) is 7.53. The molecule has 3 aromatic heterocycles. The predicted molar refractivity (Wildman–Crippen MR) is 131 cm³/mol. The minimum Gasteiger partial charge on any atom is -0.360 e. The molecular formula is C24H27N5O2Si. The Morgan fingerprint density at radius 3 is 2.56 bits per heavy atom. The first-order valence-corrected chi connectivity index (χ1v) is 14.6. The van der Waals surface area contributed by atoms with Crippen LogP contribution < -0.4 is 5.56 Å². The number of fused-ring (bicyclic) bond motifs is 4. The molecule has 0 aliphatic carbocycles. The van der Waals surface area contributed by atoms with Crippen molar-refractivity contribution in [3.05, 3.63) is 70.8 Å². The van der Waals surface area contributed by atoms with Gasteiger partial charge >= 0.3 is 0 Å². The Kier molecular flexibility index (Phi) is 5.19. The monoisotopic (exact) mass is 445 g/mol. The lowest BCUT2D eigenvalue weighted by molar-refractivity contribution is 0.0817. The van der Waals surface area contributed by atoms with Gasteiger partial charge in [0.2, 0.25) is 0 Å². The lowest BCUT2D eigenvalue weighted by atomic mass is 10.1. The number of para-hydroxylation sites is 1. The highest BCUT2D eigenvalue weighted by atomic mass is 28.3. The fourth-order valence-corrected chi connectivity index (χ4v) is 4.74. The number of nitrogens with zero attached hydrogens (tertiary/aromatic N) is 4. The van der Waals surface area contributed by atoms with Crippen LogP contribution in [-0.2, 0) is 18.0 Å². The first kappa shape index (κ1) is 20.7. The molecule has 32 heavy (non-hydrogen) atoms. The molecule has 8 heteroatoms. The van der Waals surface area contributed by atoms with Gasteiger partial charge in [0.1, 0.15) is 12.2 Å². The van der Waals surface area contributed by atoms with E-state index in [-0.39, 0.29) is 5.56 Å². The molecule has 0 amide bonds. The lowest BCUT2D eigenvalue weighted by Gasteiger charge is -2.15. The Morgan fingerprint density at radius 2 is 1.72 bits per heavy atom. The topological polar surface area (TPSA) is 77.7 Å². The maximum Gasteiger partial charge on any atom is 0.291 e. The summed E-state index contributed by atoms with van der Waals surface area (Å²) in [6.07, 6.45) is 3.62. The molecule has 5 aromatic rings. The molecule has 7 nitrogen and oxygen atoms in total. The van der Waals surface area contributed by atoms with E-state index >= 15 is 0 Å². The van der Waals surface area contributed by atoms with Crippen LogP contribution in [0.15, 0.2) is 59.7 Å². The van der Waals surface area contributed by atoms with Crippen molar-refractivity contribution < 1.29 is 4.74 Å². The molecule has 0 radical (unpaired) electrons. The fraction of sp³-hybridized carbons (Fsp3) is 0.292. The van der Waals surface area contributed by atoms with Crippen LogP contribution in [-0.4, -0.2) is 39.2 Å². The Balaban J connectivity index is 1.42. The second-order valence-electron chi connectivity index (χ2n) is 9.41. The molecule has 0 bridgehead atoms. The molecule has 0 unspecified atom stereocenters. The zero-order valence-corrected chi connectivity index (χ0v) is 19.6. The van der Waals surface area contributed by atoms with Crippen LogP contribution in [0.5, 0.6) is 0 Å². The van der Waals surface area contributed by atoms with Crippen molar-refractivity contribution in [2.45, 2.75) is 39.0 Å². The van der Waals surface area contributed by atoms with E-state index in [0.29, 0.717) is 18.8 Å². The van der Waals surface area contributed by atoms with E-state index < -0.39 is 8.07 Å². The normalized spacial score (nSPS) is 12.3. The average Bonchev–Trinajstić information content (AvgIpc) is 3.35. The van der Waals surface area contributed by atoms with E-state index in [1.165, 1.54) is 4.68 Å². The van der Waals surface area contributed by atoms with Crippen molar-refractivity contribution in [3.63, 3.8) is 0 Å². The van der Waals surface area contributed by atoms with Gasteiger partial charge in [0.15, 0.2) is 0 Å². The van der Waals surface area contributed by atoms with Crippen LogP contribution >= 0.6 is 0 Å². The van der Waals surface area contributed by atoms with Crippen LogP contribution in [0.1, 0.15) is 5.56 Å². The molecular weight excluding hydrogens is 418 g/mol. The number of aromatic amines is 1. The van der Waals surface area contributed by atoms with Gasteiger partial charge in [-0.3, -0.25) is 4.79 Å². The number of benzene rings is 2. The van der Waals surface area contributed by atoms with Crippen LogP contribution in [0.2, 0.25) is 25.7 Å². The van der Waals surface area contributed by atoms with Gasteiger partial charge in [-0.25, -0.2) is 9.36 Å². The van der Waals surface area contributed by atoms with Crippen molar-refractivity contribution in [2.75, 3.05) is 6.61 Å². The zero-order valence-electron chi connectivity index (χ0n) is 18.6. The summed E-state index contributed by atoms with van der Waals surface area (Å²) in [5.41, 5.74) is 3.39. The van der Waals surface area contributed by atoms with Crippen LogP contribution in [0.4, 0.5) is 0 Å². The second kappa shape index (κ2) is 8.03. The highest BCUT2D eigenvalue weighted by Crippen LogP contribution is 2.23. The molecule has 0 aliphatic heterocycles. The number of H-pyrrole nitrogens is 1. The van der Waals surface area contributed by atoms with E-state index in [2.05, 4.69) is 34.8 Å². The number of ether oxygens (including phenoxy) is 1. The molecule has 0 atom stereocenters. The SMILES string of the molecule is C[Si](C)(C)CCOCn1ncc2c(Cn3ncc4c([nH]c5ccccc54)c3=O)cccc21. The molecule has 0 saturated heterocycles. The van der Waals surface area contributed by atoms with Gasteiger partial charge in [0, 0.05) is 36.4 Å². The van der Waals surface area contributed by atoms with E-state index in [4.69, 9.17) is 4.74 Å². The summed E-state index contributed by atoms with van der Waals surface area (Å²) < 4.78 is 9.26. The van der Waals surface area contributed by atoms with Gasteiger partial charge in [-0.15, -0.1) is 0 Å². The Bertz CT molecular complexity index is 1480. The smallest absolute Gasteiger partial charge is 0.291 e. The number of rotatable bonds is 7. The molecule has 164 valence electrons. The number of hydrogen-bond donors (Lipinski definition) is 1. The second-order valence-corrected chi connectivity index (χ2v) is 15.0. The maximum absolute atomic E-state index is 13.1. The van der Waals surface area contributed by atoms with E-state index in [1.807, 2.05) is 53.3 Å². The summed E-state index contributed by atoms with van der Waals surface area (Å²) in [5, 5.41) is 11.8. The van der Waals surface area contributed by atoms with Gasteiger partial charge < -0.3 is 9.72 Å². The van der Waals surface area contributed by atoms with Crippen molar-refractivity contribution in [1.82, 2.24) is 24.5 Å². The molecule has 1 N–H and O–H groups in total. The summed E-state index contributed by atoms with van der Waals surface area (Å²) in [6, 6.07) is 15.1. The quantitative estimate of drug-likeness (QED) is 0.294. The van der Waals surface area contributed by atoms with Gasteiger partial charge in [0.25, 0.3) is 5.56 Å². The molecule has 0 aliphatic rings. The lowest BCUT2D eigenvalue weighted by Crippen LogP contribution is -2.23. The van der Waals surface area contributed by atoms with Crippen LogP contribution in [0, 0.1) is 0 Å². The molecule has 2 aromatic carbocycles. The Labute approximate surface area is 186 Å². The first-order valence-electron chi connectivity index (χ1n) is 10.9. The molecule has 3 heterocycles. The first-order chi connectivity index (χ1) is 15.4. The zero-order chi connectivity index (χ0) is 22.3. The summed E-state index contributed by atoms with van der Waals surface area (Å²) in [5.74, 6) is 0. The Morgan fingerprint density at radius 1 is 0.938 bits per heavy atom. The summed E-state index contributed by atoms with van der Waals surface area (Å²) >= 11 is 0. The predicted octanol–water partition coefficient (Wildman–Crippen LogP) is 4.59. The maximum atomic E-state index is 13.1. The van der Waals surface area contributed by atoms with Gasteiger partial charge in [0.05, 0.1) is 24.5 Å². The summed E-state index contributed by atoms with van der Waals surface area (Å²) in [6.45, 7) is 8.58. The molecule has 5 rings (SSSR count). The largest absolute Gasteiger partial charge is 0.360 e. The van der Waals surface area contributed by atoms with Gasteiger partial charge in [-0.1, -0.05) is 50.0 Å². The van der Waals surface area contributed by atoms with E-state index in [0.717, 1.165) is 45.4 Å². The molecule has 0 fully saturated rings. The third-order valence-electron chi connectivity index (χ3n) is 5.83. The van der Waals surface area contributed by atoms with E-state index in [9.17, 15) is 4.79 Å². The van der Waals surface area contributed by atoms with E-state index in [1.54, 1.807) is 6.20 Å². The molecule has 0 spiro atoms. The van der Waals surface area contributed by atoms with Gasteiger partial charge in [-0.2, -0.15) is 10.2 Å². The Hall–Kier alpha value is -3.23. The summed E-state index contributed by atoms with van der Waals surface area (Å²) in [7, 11) is -1.12. The molecule has 0 saturated carbocycles. The number of nitrogens with one attached hydrogen (secondary N) is 1. The number of hydrogen-bond acceptors (Lipinski definition) is 4.